The summed E-state index contributed by atoms with van der Waals surface area (Å²) >= 11 is 0. The van der Waals surface area contributed by atoms with Crippen molar-refractivity contribution in [1.29, 1.82) is 0 Å². The van der Waals surface area contributed by atoms with Crippen LogP contribution in [0.4, 0.5) is 5.69 Å². The highest BCUT2D eigenvalue weighted by molar-refractivity contribution is 6.46. The van der Waals surface area contributed by atoms with Crippen molar-refractivity contribution in [2.45, 2.75) is 25.0 Å². The molecular weight excluding hydrogens is 408 g/mol. The predicted octanol–water partition coefficient (Wildman–Crippen LogP) is 3.36. The Hall–Kier alpha value is -3.32. The molecule has 2 aliphatic heterocycles. The molecule has 2 aromatic rings. The molecule has 2 aromatic carbocycles. The van der Waals surface area contributed by atoms with Gasteiger partial charge in [0.1, 0.15) is 11.5 Å². The molecule has 0 unspecified atom stereocenters. The number of ketones is 1. The van der Waals surface area contributed by atoms with Crippen molar-refractivity contribution in [3.63, 3.8) is 0 Å². The Morgan fingerprint density at radius 2 is 1.81 bits per heavy atom. The monoisotopic (exact) mass is 436 g/mol. The number of nitrogens with zero attached hydrogens (tertiary/aromatic N) is 2. The first-order valence-corrected chi connectivity index (χ1v) is 10.7. The molecule has 0 aromatic heterocycles. The molecule has 4 rings (SSSR count). The van der Waals surface area contributed by atoms with E-state index in [0.29, 0.717) is 24.5 Å². The van der Waals surface area contributed by atoms with Crippen LogP contribution in [0.2, 0.25) is 0 Å². The number of ether oxygens (including phenoxy) is 2. The molecule has 7 nitrogen and oxygen atoms in total. The number of likely N-dealkylation sites (tertiary alicyclic amines) is 1. The smallest absolute Gasteiger partial charge is 0.295 e. The number of hydrogen-bond donors (Lipinski definition) is 1. The van der Waals surface area contributed by atoms with Crippen LogP contribution in [0.3, 0.4) is 0 Å². The second-order valence-electron chi connectivity index (χ2n) is 8.30. The van der Waals surface area contributed by atoms with Crippen LogP contribution < -0.4 is 9.64 Å². The van der Waals surface area contributed by atoms with E-state index < -0.39 is 17.7 Å². The number of benzene rings is 2. The summed E-state index contributed by atoms with van der Waals surface area (Å²) in [6.07, 6.45) is 1.66. The molecule has 7 heteroatoms. The molecule has 168 valence electrons. The molecule has 2 saturated heterocycles. The first kappa shape index (κ1) is 21.9. The zero-order valence-electron chi connectivity index (χ0n) is 18.6. The van der Waals surface area contributed by atoms with Crippen molar-refractivity contribution in [2.24, 2.45) is 0 Å². The summed E-state index contributed by atoms with van der Waals surface area (Å²) in [5, 5.41) is 11.1. The average Bonchev–Trinajstić information content (AvgIpc) is 3.41. The quantitative estimate of drug-likeness (QED) is 0.425. The summed E-state index contributed by atoms with van der Waals surface area (Å²) in [5.41, 5.74) is 2.31. The molecule has 2 aliphatic rings. The number of anilines is 1. The summed E-state index contributed by atoms with van der Waals surface area (Å²) in [6.45, 7) is 0.965. The van der Waals surface area contributed by atoms with Gasteiger partial charge in [0.15, 0.2) is 0 Å². The van der Waals surface area contributed by atoms with E-state index in [-0.39, 0.29) is 17.4 Å². The van der Waals surface area contributed by atoms with Crippen molar-refractivity contribution >= 4 is 23.1 Å². The Morgan fingerprint density at radius 3 is 2.38 bits per heavy atom. The minimum Gasteiger partial charge on any atom is -0.507 e. The van der Waals surface area contributed by atoms with E-state index in [0.717, 1.165) is 24.1 Å². The maximum Gasteiger partial charge on any atom is 0.295 e. The van der Waals surface area contributed by atoms with Gasteiger partial charge in [-0.1, -0.05) is 12.1 Å². The number of aliphatic hydroxyl groups is 1. The van der Waals surface area contributed by atoms with Gasteiger partial charge in [-0.25, -0.2) is 0 Å². The highest BCUT2D eigenvalue weighted by Crippen LogP contribution is 2.40. The van der Waals surface area contributed by atoms with Gasteiger partial charge in [0, 0.05) is 38.5 Å². The van der Waals surface area contributed by atoms with Crippen LogP contribution in [0.1, 0.15) is 30.0 Å². The lowest BCUT2D eigenvalue weighted by Gasteiger charge is -2.28. The minimum absolute atomic E-state index is 0.0933. The fourth-order valence-corrected chi connectivity index (χ4v) is 4.28. The van der Waals surface area contributed by atoms with Gasteiger partial charge in [-0.15, -0.1) is 0 Å². The number of Topliss-reactive ketones (excluding diaryl/α,β-unsaturated/α-hetero) is 1. The van der Waals surface area contributed by atoms with Gasteiger partial charge in [0.2, 0.25) is 0 Å². The zero-order valence-corrected chi connectivity index (χ0v) is 18.6. The molecule has 32 heavy (non-hydrogen) atoms. The Morgan fingerprint density at radius 1 is 1.12 bits per heavy atom. The maximum absolute atomic E-state index is 13.1. The third kappa shape index (κ3) is 4.08. The third-order valence-corrected chi connectivity index (χ3v) is 6.05. The fourth-order valence-electron chi connectivity index (χ4n) is 4.28. The van der Waals surface area contributed by atoms with Gasteiger partial charge >= 0.3 is 0 Å². The van der Waals surface area contributed by atoms with E-state index in [4.69, 9.17) is 9.47 Å². The number of hydrogen-bond acceptors (Lipinski definition) is 6. The summed E-state index contributed by atoms with van der Waals surface area (Å²) in [6, 6.07) is 13.8. The van der Waals surface area contributed by atoms with Crippen LogP contribution in [0.5, 0.6) is 5.75 Å². The summed E-state index contributed by atoms with van der Waals surface area (Å²) < 4.78 is 10.9. The van der Waals surface area contributed by atoms with Crippen molar-refractivity contribution < 1.29 is 24.2 Å². The van der Waals surface area contributed by atoms with Crippen LogP contribution in [0.25, 0.3) is 5.76 Å². The molecular formula is C25H28N2O5. The van der Waals surface area contributed by atoms with Crippen molar-refractivity contribution in [1.82, 2.24) is 4.90 Å². The predicted molar refractivity (Wildman–Crippen MR) is 122 cm³/mol. The number of carbonyl (C=O) groups is 2. The van der Waals surface area contributed by atoms with E-state index in [1.54, 1.807) is 31.4 Å². The first-order valence-electron chi connectivity index (χ1n) is 10.7. The van der Waals surface area contributed by atoms with Gasteiger partial charge in [-0.2, -0.15) is 0 Å². The highest BCUT2D eigenvalue weighted by Gasteiger charge is 2.47. The molecule has 2 heterocycles. The number of aliphatic hydroxyl groups excluding tert-OH is 1. The summed E-state index contributed by atoms with van der Waals surface area (Å²) in [4.78, 5) is 29.7. The lowest BCUT2D eigenvalue weighted by atomic mass is 9.95. The van der Waals surface area contributed by atoms with Crippen LogP contribution in [0, 0.1) is 0 Å². The lowest BCUT2D eigenvalue weighted by molar-refractivity contribution is -0.140. The molecule has 1 amide bonds. The molecule has 0 radical (unpaired) electrons. The lowest BCUT2D eigenvalue weighted by Crippen LogP contribution is -2.36. The SMILES string of the molecule is COc1ccc(C(O)=C2C(=O)C(=O)N(C[C@H]3CCCO3)[C@H]2c2ccc(N(C)C)cc2)cc1. The van der Waals surface area contributed by atoms with E-state index in [1.807, 2.05) is 43.3 Å². The minimum atomic E-state index is -0.683. The van der Waals surface area contributed by atoms with E-state index in [2.05, 4.69) is 0 Å². The second-order valence-corrected chi connectivity index (χ2v) is 8.30. The maximum atomic E-state index is 13.1. The molecule has 0 bridgehead atoms. The topological polar surface area (TPSA) is 79.3 Å². The van der Waals surface area contributed by atoms with Crippen LogP contribution >= 0.6 is 0 Å². The molecule has 0 aliphatic carbocycles. The first-order chi connectivity index (χ1) is 15.4. The molecule has 2 fully saturated rings. The Balaban J connectivity index is 1.79. The van der Waals surface area contributed by atoms with Crippen LogP contribution in [-0.4, -0.2) is 62.2 Å². The van der Waals surface area contributed by atoms with E-state index in [1.165, 1.54) is 4.90 Å². The zero-order chi connectivity index (χ0) is 22.8. The van der Waals surface area contributed by atoms with E-state index >= 15 is 0 Å². The molecule has 0 spiro atoms. The summed E-state index contributed by atoms with van der Waals surface area (Å²) in [5.74, 6) is -0.853. The fraction of sp³-hybridized carbons (Fsp3) is 0.360. The number of carbonyl (C=O) groups excluding carboxylic acids is 2. The van der Waals surface area contributed by atoms with E-state index in [9.17, 15) is 14.7 Å². The number of methoxy groups -OCH3 is 1. The largest absolute Gasteiger partial charge is 0.507 e. The summed E-state index contributed by atoms with van der Waals surface area (Å²) in [7, 11) is 5.45. The molecule has 1 N–H and O–H groups in total. The van der Waals surface area contributed by atoms with Gasteiger partial charge in [0.25, 0.3) is 11.7 Å². The number of amides is 1. The average molecular weight is 437 g/mol. The Kier molecular flexibility index (Phi) is 6.19. The molecule has 2 atom stereocenters. The van der Waals surface area contributed by atoms with Gasteiger partial charge in [-0.3, -0.25) is 9.59 Å². The third-order valence-electron chi connectivity index (χ3n) is 6.05. The Bertz CT molecular complexity index is 1020. The van der Waals surface area contributed by atoms with Crippen LogP contribution in [-0.2, 0) is 14.3 Å². The van der Waals surface area contributed by atoms with Crippen LogP contribution in [0.15, 0.2) is 54.1 Å². The second kappa shape index (κ2) is 9.04. The number of rotatable bonds is 6. The standard InChI is InChI=1S/C25H28N2O5/c1-26(2)18-10-6-16(7-11-18)22-21(23(28)17-8-12-19(31-3)13-9-17)24(29)25(30)27(22)15-20-5-4-14-32-20/h6-13,20,22,28H,4-5,14-15H2,1-3H3/t20-,22+/m1/s1. The van der Waals surface area contributed by atoms with Crippen molar-refractivity contribution in [3.8, 4) is 5.75 Å². The Labute approximate surface area is 187 Å². The van der Waals surface area contributed by atoms with Crippen molar-refractivity contribution in [3.05, 3.63) is 65.2 Å². The van der Waals surface area contributed by atoms with Gasteiger partial charge < -0.3 is 24.4 Å². The molecule has 0 saturated carbocycles. The highest BCUT2D eigenvalue weighted by atomic mass is 16.5. The van der Waals surface area contributed by atoms with Gasteiger partial charge in [-0.05, 0) is 54.8 Å². The van der Waals surface area contributed by atoms with Gasteiger partial charge in [0.05, 0.1) is 24.8 Å². The van der Waals surface area contributed by atoms with Crippen molar-refractivity contribution in [2.75, 3.05) is 39.3 Å². The normalized spacial score (nSPS) is 22.4.